The molecule has 33 heteroatoms. The van der Waals surface area contributed by atoms with E-state index in [0.717, 1.165) is 36.4 Å². The van der Waals surface area contributed by atoms with Crippen molar-refractivity contribution in [2.24, 2.45) is 0 Å². The molecular weight excluding hydrogens is 1090 g/mol. The summed E-state index contributed by atoms with van der Waals surface area (Å²) in [4.78, 5) is 93.9. The Kier molecular flexibility index (Phi) is 26.6. The number of carbonyl (C=O) groups excluding carboxylic acids is 8. The lowest BCUT2D eigenvalue weighted by Gasteiger charge is -2.31. The number of hydrogen-bond acceptors (Lipinski definition) is 19. The fraction of sp³-hybridized carbons (Fsp3) is 0.467. The maximum atomic E-state index is 14.2. The highest BCUT2D eigenvalue weighted by atomic mass is 19.3. The first kappa shape index (κ1) is 66.2. The van der Waals surface area contributed by atoms with E-state index >= 15 is 0 Å². The van der Waals surface area contributed by atoms with Crippen molar-refractivity contribution in [3.63, 3.8) is 0 Å². The van der Waals surface area contributed by atoms with Crippen molar-refractivity contribution < 1.29 is 140 Å². The Morgan fingerprint density at radius 2 is 0.846 bits per heavy atom. The third-order valence-corrected chi connectivity index (χ3v) is 9.01. The third kappa shape index (κ3) is 26.7. The van der Waals surface area contributed by atoms with Crippen molar-refractivity contribution >= 4 is 71.0 Å². The van der Waals surface area contributed by atoms with Crippen LogP contribution in [0.2, 0.25) is 0 Å². The largest absolute Gasteiger partial charge is 0.495 e. The van der Waals surface area contributed by atoms with Crippen LogP contribution >= 0.6 is 0 Å². The van der Waals surface area contributed by atoms with Gasteiger partial charge in [-0.3, -0.25) is 30.9 Å². The molecule has 0 saturated heterocycles. The first-order chi connectivity index (χ1) is 36.4. The summed E-state index contributed by atoms with van der Waals surface area (Å²) in [5, 5.41) is 8.28. The Labute approximate surface area is 440 Å². The smallest absolute Gasteiger partial charge is 0.449 e. The molecule has 0 aliphatic carbocycles. The number of ether oxygens (including phenoxy) is 11. The molecule has 0 fully saturated rings. The molecule has 0 heterocycles. The van der Waals surface area contributed by atoms with E-state index in [1.165, 1.54) is 26.0 Å². The molecule has 0 aliphatic rings. The number of benzene rings is 2. The highest BCUT2D eigenvalue weighted by Gasteiger charge is 2.69. The average molecular weight is 1150 g/mol. The van der Waals surface area contributed by atoms with Crippen LogP contribution in [-0.4, -0.2) is 119 Å². The number of carbonyl (C=O) groups is 8. The molecule has 0 unspecified atom stereocenters. The number of amides is 4. The second-order valence-corrected chi connectivity index (χ2v) is 15.3. The summed E-state index contributed by atoms with van der Waals surface area (Å²) in [5.41, 5.74) is 0.0254. The number of alkyl halides is 10. The summed E-state index contributed by atoms with van der Waals surface area (Å²) in [6.45, 7) is 2.64. The Hall–Kier alpha value is -7.94. The van der Waals surface area contributed by atoms with Crippen molar-refractivity contribution in [1.29, 1.82) is 0 Å². The van der Waals surface area contributed by atoms with E-state index < -0.39 is 106 Å². The average Bonchev–Trinajstić information content (AvgIpc) is 3.33. The van der Waals surface area contributed by atoms with Crippen molar-refractivity contribution in [2.75, 3.05) is 61.3 Å². The molecule has 2 aromatic rings. The van der Waals surface area contributed by atoms with Crippen LogP contribution in [-0.2, 0) is 71.3 Å². The van der Waals surface area contributed by atoms with Crippen LogP contribution < -0.4 is 21.3 Å². The van der Waals surface area contributed by atoms with Crippen LogP contribution in [0.3, 0.4) is 0 Å². The van der Waals surface area contributed by atoms with E-state index in [-0.39, 0.29) is 67.4 Å². The predicted octanol–water partition coefficient (Wildman–Crippen LogP) is 10.7. The zero-order valence-corrected chi connectivity index (χ0v) is 41.0. The van der Waals surface area contributed by atoms with Gasteiger partial charge >= 0.3 is 79.0 Å². The molecule has 442 valence electrons. The van der Waals surface area contributed by atoms with Crippen LogP contribution in [0, 0.1) is 13.8 Å². The summed E-state index contributed by atoms with van der Waals surface area (Å²) in [6.07, 6.45) is -33.5. The molecule has 2 aromatic carbocycles. The van der Waals surface area contributed by atoms with Gasteiger partial charge in [0.2, 0.25) is 13.6 Å². The SMILES string of the molecule is C=CC(=O)OCOC(=O)CCCCCOC(=O)Nc1cc(NC(=O)OCC(F)(F)OC(F)(F)OC(F)(F)C(F)(F)OC(F)(F)COC(=O)Nc2ccc(C)c(NC(=O)OCCCCCC(=O)OCOC(=O)C=C)c2)ccc1C.[HH].[HH].[HH].[HH]. The highest BCUT2D eigenvalue weighted by molar-refractivity contribution is 5.91. The van der Waals surface area contributed by atoms with Crippen LogP contribution in [0.25, 0.3) is 0 Å². The van der Waals surface area contributed by atoms with Crippen molar-refractivity contribution in [3.8, 4) is 0 Å². The molecule has 0 spiro atoms. The number of rotatable bonds is 33. The van der Waals surface area contributed by atoms with Gasteiger partial charge in [-0.15, -0.1) is 8.78 Å². The molecule has 23 nitrogen and oxygen atoms in total. The van der Waals surface area contributed by atoms with Gasteiger partial charge in [-0.2, -0.15) is 35.1 Å². The predicted molar refractivity (Wildman–Crippen MR) is 250 cm³/mol. The second kappa shape index (κ2) is 31.3. The van der Waals surface area contributed by atoms with Gasteiger partial charge in [0.05, 0.1) is 13.2 Å². The lowest BCUT2D eigenvalue weighted by molar-refractivity contribution is -0.566. The fourth-order valence-electron chi connectivity index (χ4n) is 5.27. The quantitative estimate of drug-likeness (QED) is 0.0129. The first-order valence-electron chi connectivity index (χ1n) is 22.2. The topological polar surface area (TPSA) is 286 Å². The number of halogens is 10. The molecular formula is C45H58F10N4O19. The Balaban J connectivity index is -0.0000156. The molecule has 0 radical (unpaired) electrons. The maximum Gasteiger partial charge on any atom is 0.495 e. The number of anilines is 4. The number of hydrogen-bond donors (Lipinski definition) is 4. The zero-order chi connectivity index (χ0) is 58.7. The molecule has 0 bridgehead atoms. The maximum absolute atomic E-state index is 14.2. The summed E-state index contributed by atoms with van der Waals surface area (Å²) in [6, 6.07) is 6.87. The monoisotopic (exact) mass is 1150 g/mol. The minimum atomic E-state index is -6.92. The zero-order valence-electron chi connectivity index (χ0n) is 41.0. The summed E-state index contributed by atoms with van der Waals surface area (Å²) in [5.74, 6) is -2.91. The van der Waals surface area contributed by atoms with Gasteiger partial charge in [0.1, 0.15) is 0 Å². The highest BCUT2D eigenvalue weighted by Crippen LogP contribution is 2.44. The Bertz CT molecular complexity index is 2440. The molecule has 0 saturated carbocycles. The van der Waals surface area contributed by atoms with Crippen molar-refractivity contribution in [1.82, 2.24) is 0 Å². The third-order valence-electron chi connectivity index (χ3n) is 9.01. The van der Waals surface area contributed by atoms with Crippen molar-refractivity contribution in [2.45, 2.75) is 95.9 Å². The van der Waals surface area contributed by atoms with Crippen LogP contribution in [0.4, 0.5) is 85.8 Å². The molecule has 2 rings (SSSR count). The van der Waals surface area contributed by atoms with Crippen LogP contribution in [0.15, 0.2) is 61.7 Å². The standard InChI is InChI=1S/C45H50F10N4O19.4H2/c1-5-33(60)72-25-74-35(62)13-9-7-11-19-68-39(66)58-31-21-29(17-15-27(31)3)56-37(64)70-23-41(46,47)76-43(50,51)44(52,53)78-45(54,55)77-42(48,49)24-71-38(65)57-30-18-16-28(4)32(22-30)59-40(67)69-20-12-8-10-14-36(63)75-26-73-34(61)6-2;;;;/h5-6,15-18,21-22H,1-2,7-14,19-20,23-26H2,3-4H3,(H,56,64)(H,57,65)(H,58,66)(H,59,67);4*1H. The molecule has 0 atom stereocenters. The van der Waals surface area contributed by atoms with Gasteiger partial charge in [0.25, 0.3) is 0 Å². The van der Waals surface area contributed by atoms with E-state index in [1.54, 1.807) is 0 Å². The Morgan fingerprint density at radius 1 is 0.474 bits per heavy atom. The summed E-state index contributed by atoms with van der Waals surface area (Å²) in [7, 11) is 0. The summed E-state index contributed by atoms with van der Waals surface area (Å²) < 4.78 is 186. The van der Waals surface area contributed by atoms with E-state index in [0.29, 0.717) is 36.8 Å². The van der Waals surface area contributed by atoms with Gasteiger partial charge in [0.15, 0.2) is 13.2 Å². The van der Waals surface area contributed by atoms with Crippen LogP contribution in [0.1, 0.15) is 68.2 Å². The summed E-state index contributed by atoms with van der Waals surface area (Å²) >= 11 is 0. The lowest BCUT2D eigenvalue weighted by atomic mass is 10.2. The molecule has 78 heavy (non-hydrogen) atoms. The van der Waals surface area contributed by atoms with Gasteiger partial charge in [-0.25, -0.2) is 43.0 Å². The Morgan fingerprint density at radius 3 is 1.24 bits per heavy atom. The molecule has 0 aromatic heterocycles. The van der Waals surface area contributed by atoms with Gasteiger partial charge in [-0.1, -0.05) is 25.3 Å². The normalized spacial score (nSPS) is 11.7. The lowest BCUT2D eigenvalue weighted by Crippen LogP contribution is -2.54. The number of unbranched alkanes of at least 4 members (excludes halogenated alkanes) is 4. The first-order valence-corrected chi connectivity index (χ1v) is 22.2. The van der Waals surface area contributed by atoms with E-state index in [2.05, 4.69) is 66.4 Å². The number of nitrogens with one attached hydrogen (secondary N) is 4. The van der Waals surface area contributed by atoms with E-state index in [1.807, 2.05) is 10.6 Å². The van der Waals surface area contributed by atoms with Gasteiger partial charge in [0, 0.05) is 53.4 Å². The van der Waals surface area contributed by atoms with E-state index in [9.17, 15) is 82.3 Å². The van der Waals surface area contributed by atoms with Crippen molar-refractivity contribution in [3.05, 3.63) is 72.8 Å². The van der Waals surface area contributed by atoms with E-state index in [4.69, 9.17) is 9.47 Å². The minimum absolute atomic E-state index is 0. The molecule has 4 amide bonds. The molecule has 0 aliphatic heterocycles. The molecule has 4 N–H and O–H groups in total. The van der Waals surface area contributed by atoms with Crippen LogP contribution in [0.5, 0.6) is 0 Å². The van der Waals surface area contributed by atoms with Gasteiger partial charge in [-0.05, 0) is 87.8 Å². The minimum Gasteiger partial charge on any atom is -0.449 e. The van der Waals surface area contributed by atoms with Gasteiger partial charge < -0.3 is 37.9 Å². The second-order valence-electron chi connectivity index (χ2n) is 15.3. The number of esters is 4. The fourth-order valence-corrected chi connectivity index (χ4v) is 5.27. The number of aryl methyl sites for hydroxylation is 2.